The maximum absolute atomic E-state index is 3.65. The fourth-order valence-corrected chi connectivity index (χ4v) is 6.61. The van der Waals surface area contributed by atoms with E-state index >= 15 is 0 Å². The van der Waals surface area contributed by atoms with Gasteiger partial charge in [-0.15, -0.1) is 43.4 Å². The van der Waals surface area contributed by atoms with Crippen molar-refractivity contribution < 1.29 is 24.2 Å². The number of fused-ring (bicyclic) bond motifs is 5. The minimum Gasteiger partial charge on any atom is -0.358 e. The molecule has 0 saturated heterocycles. The Morgan fingerprint density at radius 2 is 1.27 bits per heavy atom. The Labute approximate surface area is 296 Å². The van der Waals surface area contributed by atoms with E-state index < -0.39 is 0 Å². The summed E-state index contributed by atoms with van der Waals surface area (Å²) in [4.78, 5) is 0. The van der Waals surface area contributed by atoms with Gasteiger partial charge in [-0.25, -0.2) is 16.7 Å². The molecule has 4 aliphatic carbocycles. The van der Waals surface area contributed by atoms with Crippen LogP contribution in [0.15, 0.2) is 77.9 Å². The van der Waals surface area contributed by atoms with Gasteiger partial charge in [-0.3, -0.25) is 12.2 Å². The number of allylic oxidation sites excluding steroid dienone is 8. The number of hydrogen-bond acceptors (Lipinski definition) is 0. The third kappa shape index (κ3) is 8.21. The van der Waals surface area contributed by atoms with Crippen molar-refractivity contribution >= 4 is 40.2 Å². The molecule has 3 aromatic rings. The van der Waals surface area contributed by atoms with E-state index in [0.717, 1.165) is 6.42 Å². The van der Waals surface area contributed by atoms with Gasteiger partial charge in [-0.1, -0.05) is 78.0 Å². The van der Waals surface area contributed by atoms with Gasteiger partial charge in [0, 0.05) is 5.41 Å². The Bertz CT molecular complexity index is 1450. The van der Waals surface area contributed by atoms with Gasteiger partial charge in [0.2, 0.25) is 0 Å². The first kappa shape index (κ1) is 40.0. The summed E-state index contributed by atoms with van der Waals surface area (Å²) >= 11 is 1.30. The molecule has 3 aromatic carbocycles. The molecule has 0 aliphatic heterocycles. The van der Waals surface area contributed by atoms with Crippen LogP contribution in [0.1, 0.15) is 95.7 Å². The van der Waals surface area contributed by atoms with Crippen LogP contribution in [0.5, 0.6) is 0 Å². The molecule has 7 rings (SSSR count). The maximum Gasteiger partial charge on any atom is -0.171 e. The van der Waals surface area contributed by atoms with Gasteiger partial charge in [0.1, 0.15) is 0 Å². The van der Waals surface area contributed by atoms with Crippen LogP contribution < -0.4 is 0 Å². The molecule has 0 heterocycles. The fraction of sp³-hybridized carbons (Fsp3) is 0.317. The molecule has 44 heavy (non-hydrogen) atoms. The molecule has 0 fully saturated rings. The van der Waals surface area contributed by atoms with E-state index in [1.54, 1.807) is 0 Å². The molecule has 0 spiro atoms. The fourth-order valence-electron chi connectivity index (χ4n) is 6.61. The molecule has 0 bridgehead atoms. The van der Waals surface area contributed by atoms with E-state index in [0.29, 0.717) is 5.92 Å². The van der Waals surface area contributed by atoms with Gasteiger partial charge in [-0.2, -0.15) is 48.0 Å². The van der Waals surface area contributed by atoms with Crippen LogP contribution in [0.25, 0.3) is 22.3 Å². The molecule has 0 nitrogen and oxygen atoms in total. The summed E-state index contributed by atoms with van der Waals surface area (Å²) in [5, 5.41) is 0. The van der Waals surface area contributed by atoms with E-state index in [1.165, 1.54) is 91.0 Å². The summed E-state index contributed by atoms with van der Waals surface area (Å²) in [7, 11) is 0. The van der Waals surface area contributed by atoms with Gasteiger partial charge >= 0.3 is 28.4 Å². The number of halogens is 2. The van der Waals surface area contributed by atoms with Gasteiger partial charge in [0.15, 0.2) is 0 Å². The molecule has 3 heteroatoms. The second kappa shape index (κ2) is 16.0. The molecule has 1 unspecified atom stereocenters. The van der Waals surface area contributed by atoms with Crippen LogP contribution in [-0.4, -0.2) is 4.21 Å². The Balaban J connectivity index is 0.000000425. The van der Waals surface area contributed by atoms with Gasteiger partial charge in [0.25, 0.3) is 0 Å². The van der Waals surface area contributed by atoms with Crippen molar-refractivity contribution in [3.05, 3.63) is 137 Å². The molecule has 0 aromatic heterocycles. The zero-order valence-corrected chi connectivity index (χ0v) is 32.2. The van der Waals surface area contributed by atoms with Gasteiger partial charge in [0.05, 0.1) is 0 Å². The minimum atomic E-state index is 0. The molecule has 4 aliphatic rings. The number of benzene rings is 3. The number of rotatable bonds is 0. The van der Waals surface area contributed by atoms with Crippen LogP contribution >= 0.6 is 24.8 Å². The standard InChI is InChI=1S/C25H25.C8H11.C6H5.CH3.CH2.2ClH.Zr/c1-14-12-24(3,4)22-8-16-7-17-9-23-19(15(2)13-25(23,5)6)11-21(17)20(16)10-18(14)22;1-6-4-7(2)8(3)5-6;1-2-4-6-5-3-1;;;;;/h8-12H,7H2,1-6H3;4,6H,1-3H3;1-5H;1H3;1H2;2*1H;/q4*-1;;;;. The Morgan fingerprint density at radius 1 is 0.727 bits per heavy atom. The van der Waals surface area contributed by atoms with Crippen LogP contribution in [-0.2, 0) is 41.5 Å². The van der Waals surface area contributed by atoms with Crippen LogP contribution in [0.4, 0.5) is 0 Å². The topological polar surface area (TPSA) is 0 Å². The third-order valence-electron chi connectivity index (χ3n) is 8.57. The zero-order valence-electron chi connectivity index (χ0n) is 28.2. The molecule has 1 atom stereocenters. The second-order valence-electron chi connectivity index (χ2n) is 12.7. The molecule has 0 saturated carbocycles. The normalized spacial score (nSPS) is 17.9. The van der Waals surface area contributed by atoms with Crippen molar-refractivity contribution in [3.8, 4) is 11.1 Å². The number of hydrogen-bond donors (Lipinski definition) is 0. The monoisotopic (exact) mass is 700 g/mol. The zero-order chi connectivity index (χ0) is 30.1. The first-order chi connectivity index (χ1) is 19.4. The summed E-state index contributed by atoms with van der Waals surface area (Å²) in [6, 6.07) is 22.3. The van der Waals surface area contributed by atoms with Crippen LogP contribution in [0, 0.1) is 31.6 Å². The summed E-state index contributed by atoms with van der Waals surface area (Å²) < 4.78 is 3.34. The minimum absolute atomic E-state index is 0. The molecule has 0 N–H and O–H groups in total. The summed E-state index contributed by atoms with van der Waals surface area (Å²) in [5.41, 5.74) is 17.3. The predicted molar refractivity (Wildman–Crippen MR) is 195 cm³/mol. The predicted octanol–water partition coefficient (Wildman–Crippen LogP) is 11.5. The SMILES string of the molecule is CC1=[C-]C(C)(C)c2cc3c(cc21)-c1cc2c(cc1C3)C(C)(C)C=C2C.CC1=[C-]C(C)C=C1C.Cl.Cl.[CH2]=[Zr].[CH3-].[c-]1ccccc1. The molecule has 234 valence electrons. The largest absolute Gasteiger partial charge is 0.358 e. The summed E-state index contributed by atoms with van der Waals surface area (Å²) in [6.07, 6.45) is 12.7. The van der Waals surface area contributed by atoms with Crippen molar-refractivity contribution in [1.82, 2.24) is 0 Å². The van der Waals surface area contributed by atoms with E-state index in [4.69, 9.17) is 0 Å². The Hall–Kier alpha value is -2.05. The first-order valence-electron chi connectivity index (χ1n) is 14.6. The van der Waals surface area contributed by atoms with Crippen molar-refractivity contribution in [2.45, 2.75) is 79.6 Å². The van der Waals surface area contributed by atoms with Gasteiger partial charge < -0.3 is 7.43 Å². The van der Waals surface area contributed by atoms with E-state index in [1.807, 2.05) is 30.3 Å². The smallest absolute Gasteiger partial charge is 0.171 e. The maximum atomic E-state index is 3.65. The Kier molecular flexibility index (Phi) is 14.5. The summed E-state index contributed by atoms with van der Waals surface area (Å²) in [5.74, 6) is 0.551. The third-order valence-corrected chi connectivity index (χ3v) is 8.57. The Morgan fingerprint density at radius 3 is 1.70 bits per heavy atom. The van der Waals surface area contributed by atoms with Gasteiger partial charge in [-0.05, 0) is 58.4 Å². The van der Waals surface area contributed by atoms with Crippen LogP contribution in [0.2, 0.25) is 0 Å². The van der Waals surface area contributed by atoms with Crippen molar-refractivity contribution in [1.29, 1.82) is 0 Å². The average molecular weight is 703 g/mol. The van der Waals surface area contributed by atoms with E-state index in [9.17, 15) is 0 Å². The van der Waals surface area contributed by atoms with E-state index in [-0.39, 0.29) is 43.1 Å². The second-order valence-corrected chi connectivity index (χ2v) is 12.7. The van der Waals surface area contributed by atoms with E-state index in [2.05, 4.69) is 121 Å². The quantitative estimate of drug-likeness (QED) is 0.160. The molecule has 0 radical (unpaired) electrons. The van der Waals surface area contributed by atoms with Crippen molar-refractivity contribution in [2.75, 3.05) is 0 Å². The molecule has 0 amide bonds. The van der Waals surface area contributed by atoms with Crippen molar-refractivity contribution in [3.63, 3.8) is 0 Å². The first-order valence-corrected chi connectivity index (χ1v) is 16.3. The molecular weight excluding hydrogens is 655 g/mol. The van der Waals surface area contributed by atoms with Crippen molar-refractivity contribution in [2.24, 2.45) is 5.92 Å². The van der Waals surface area contributed by atoms with Crippen LogP contribution in [0.3, 0.4) is 0 Å². The average Bonchev–Trinajstić information content (AvgIpc) is 3.58. The summed E-state index contributed by atoms with van der Waals surface area (Å²) in [6.45, 7) is 20.1. The molecular formula is C41H48Cl2Zr-4.